The lowest BCUT2D eigenvalue weighted by atomic mass is 10.2. The second-order valence-corrected chi connectivity index (χ2v) is 5.30. The van der Waals surface area contributed by atoms with Crippen LogP contribution in [-0.4, -0.2) is 24.8 Å². The van der Waals surface area contributed by atoms with E-state index in [0.29, 0.717) is 6.61 Å². The lowest BCUT2D eigenvalue weighted by Gasteiger charge is -2.22. The van der Waals surface area contributed by atoms with Gasteiger partial charge in [0.25, 0.3) is 0 Å². The molecule has 0 aromatic heterocycles. The van der Waals surface area contributed by atoms with Crippen molar-refractivity contribution in [2.75, 3.05) is 13.2 Å². The van der Waals surface area contributed by atoms with Crippen molar-refractivity contribution < 1.29 is 4.74 Å². The van der Waals surface area contributed by atoms with Crippen LogP contribution in [0.5, 0.6) is 0 Å². The Morgan fingerprint density at radius 3 is 2.47 bits per heavy atom. The fraction of sp³-hybridized carbons (Fsp3) is 0.571. The van der Waals surface area contributed by atoms with E-state index < -0.39 is 0 Å². The molecule has 0 heterocycles. The molecular weight excluding hydrogens is 212 g/mol. The molecule has 0 spiro atoms. The van der Waals surface area contributed by atoms with Gasteiger partial charge in [-0.2, -0.15) is 0 Å². The van der Waals surface area contributed by atoms with Gasteiger partial charge >= 0.3 is 0 Å². The number of hydrogen-bond acceptors (Lipinski definition) is 3. The largest absolute Gasteiger partial charge is 0.374 e. The van der Waals surface area contributed by atoms with Gasteiger partial charge in [0.2, 0.25) is 0 Å². The third-order valence-electron chi connectivity index (χ3n) is 2.31. The Hall–Kier alpha value is -0.900. The summed E-state index contributed by atoms with van der Waals surface area (Å²) < 4.78 is 5.63. The highest BCUT2D eigenvalue weighted by Gasteiger charge is 2.12. The summed E-state index contributed by atoms with van der Waals surface area (Å²) in [7, 11) is 0. The molecule has 0 amide bonds. The fourth-order valence-electron chi connectivity index (χ4n) is 1.41. The second-order valence-electron chi connectivity index (χ2n) is 5.30. The molecule has 96 valence electrons. The zero-order chi connectivity index (χ0) is 12.7. The van der Waals surface area contributed by atoms with Crippen molar-refractivity contribution in [2.24, 2.45) is 5.73 Å². The second kappa shape index (κ2) is 6.74. The molecule has 17 heavy (non-hydrogen) atoms. The molecular formula is C14H24N2O. The SMILES string of the molecule is CC(C)(C)OC[C@H](N)CNCc1ccccc1. The van der Waals surface area contributed by atoms with Gasteiger partial charge < -0.3 is 15.8 Å². The van der Waals surface area contributed by atoms with E-state index in [1.54, 1.807) is 0 Å². The first-order valence-corrected chi connectivity index (χ1v) is 6.11. The molecule has 0 bridgehead atoms. The van der Waals surface area contributed by atoms with Crippen molar-refractivity contribution in [3.8, 4) is 0 Å². The van der Waals surface area contributed by atoms with Gasteiger partial charge in [0.1, 0.15) is 0 Å². The minimum atomic E-state index is -0.114. The monoisotopic (exact) mass is 236 g/mol. The van der Waals surface area contributed by atoms with Gasteiger partial charge in [-0.15, -0.1) is 0 Å². The first-order valence-electron chi connectivity index (χ1n) is 6.11. The van der Waals surface area contributed by atoms with Crippen LogP contribution in [0, 0.1) is 0 Å². The molecule has 1 aromatic rings. The number of hydrogen-bond donors (Lipinski definition) is 2. The molecule has 0 fully saturated rings. The standard InChI is InChI=1S/C14H24N2O/c1-14(2,3)17-11-13(15)10-16-9-12-7-5-4-6-8-12/h4-8,13,16H,9-11,15H2,1-3H3/t13-/m1/s1. The van der Waals surface area contributed by atoms with Gasteiger partial charge in [0.05, 0.1) is 12.2 Å². The summed E-state index contributed by atoms with van der Waals surface area (Å²) in [4.78, 5) is 0. The molecule has 1 rings (SSSR count). The minimum Gasteiger partial charge on any atom is -0.374 e. The topological polar surface area (TPSA) is 47.3 Å². The minimum absolute atomic E-state index is 0.0398. The van der Waals surface area contributed by atoms with E-state index in [1.807, 2.05) is 39.0 Å². The van der Waals surface area contributed by atoms with Crippen LogP contribution in [0.1, 0.15) is 26.3 Å². The first-order chi connectivity index (χ1) is 7.97. The van der Waals surface area contributed by atoms with Crippen molar-refractivity contribution in [3.05, 3.63) is 35.9 Å². The molecule has 0 aliphatic heterocycles. The molecule has 0 unspecified atom stereocenters. The Bertz CT molecular complexity index is 306. The number of ether oxygens (including phenoxy) is 1. The predicted octanol–water partition coefficient (Wildman–Crippen LogP) is 1.92. The van der Waals surface area contributed by atoms with Gasteiger partial charge in [-0.3, -0.25) is 0 Å². The zero-order valence-electron chi connectivity index (χ0n) is 11.1. The van der Waals surface area contributed by atoms with Crippen LogP contribution in [0.15, 0.2) is 30.3 Å². The molecule has 1 atom stereocenters. The summed E-state index contributed by atoms with van der Waals surface area (Å²) >= 11 is 0. The zero-order valence-corrected chi connectivity index (χ0v) is 11.1. The van der Waals surface area contributed by atoms with Crippen LogP contribution in [0.25, 0.3) is 0 Å². The summed E-state index contributed by atoms with van der Waals surface area (Å²) in [6.07, 6.45) is 0. The van der Waals surface area contributed by atoms with Gasteiger partial charge in [0, 0.05) is 19.1 Å². The maximum atomic E-state index is 5.96. The molecule has 0 aliphatic carbocycles. The van der Waals surface area contributed by atoms with E-state index >= 15 is 0 Å². The molecule has 0 radical (unpaired) electrons. The van der Waals surface area contributed by atoms with E-state index in [1.165, 1.54) is 5.56 Å². The summed E-state index contributed by atoms with van der Waals surface area (Å²) in [5.74, 6) is 0. The van der Waals surface area contributed by atoms with Gasteiger partial charge in [-0.1, -0.05) is 30.3 Å². The highest BCUT2D eigenvalue weighted by molar-refractivity contribution is 5.14. The quantitative estimate of drug-likeness (QED) is 0.793. The van der Waals surface area contributed by atoms with Crippen molar-refractivity contribution >= 4 is 0 Å². The molecule has 0 aliphatic rings. The highest BCUT2D eigenvalue weighted by atomic mass is 16.5. The fourth-order valence-corrected chi connectivity index (χ4v) is 1.41. The molecule has 3 N–H and O–H groups in total. The van der Waals surface area contributed by atoms with E-state index in [2.05, 4.69) is 17.4 Å². The Morgan fingerprint density at radius 2 is 1.88 bits per heavy atom. The smallest absolute Gasteiger partial charge is 0.0637 e. The van der Waals surface area contributed by atoms with E-state index in [0.717, 1.165) is 13.1 Å². The van der Waals surface area contributed by atoms with E-state index in [9.17, 15) is 0 Å². The van der Waals surface area contributed by atoms with Crippen LogP contribution < -0.4 is 11.1 Å². The van der Waals surface area contributed by atoms with E-state index in [-0.39, 0.29) is 11.6 Å². The summed E-state index contributed by atoms with van der Waals surface area (Å²) in [5.41, 5.74) is 7.12. The summed E-state index contributed by atoms with van der Waals surface area (Å²) in [6.45, 7) is 8.33. The average Bonchev–Trinajstić information content (AvgIpc) is 2.27. The Balaban J connectivity index is 2.14. The molecule has 3 heteroatoms. The summed E-state index contributed by atoms with van der Waals surface area (Å²) in [5, 5.41) is 3.33. The number of rotatable bonds is 6. The number of nitrogens with one attached hydrogen (secondary N) is 1. The highest BCUT2D eigenvalue weighted by Crippen LogP contribution is 2.06. The maximum absolute atomic E-state index is 5.96. The number of nitrogens with two attached hydrogens (primary N) is 1. The summed E-state index contributed by atoms with van der Waals surface area (Å²) in [6, 6.07) is 10.3. The number of benzene rings is 1. The first kappa shape index (κ1) is 14.2. The van der Waals surface area contributed by atoms with Gasteiger partial charge in [-0.05, 0) is 26.3 Å². The van der Waals surface area contributed by atoms with Gasteiger partial charge in [-0.25, -0.2) is 0 Å². The normalized spacial score (nSPS) is 13.6. The van der Waals surface area contributed by atoms with Crippen molar-refractivity contribution in [1.82, 2.24) is 5.32 Å². The van der Waals surface area contributed by atoms with Crippen LogP contribution in [-0.2, 0) is 11.3 Å². The predicted molar refractivity (Wildman–Crippen MR) is 71.8 cm³/mol. The molecule has 0 saturated carbocycles. The van der Waals surface area contributed by atoms with Crippen LogP contribution in [0.2, 0.25) is 0 Å². The van der Waals surface area contributed by atoms with Crippen molar-refractivity contribution in [3.63, 3.8) is 0 Å². The molecule has 0 saturated heterocycles. The van der Waals surface area contributed by atoms with Crippen molar-refractivity contribution in [1.29, 1.82) is 0 Å². The Morgan fingerprint density at radius 1 is 1.24 bits per heavy atom. The van der Waals surface area contributed by atoms with Crippen LogP contribution >= 0.6 is 0 Å². The average molecular weight is 236 g/mol. The van der Waals surface area contributed by atoms with Crippen LogP contribution in [0.3, 0.4) is 0 Å². The third kappa shape index (κ3) is 7.10. The molecule has 3 nitrogen and oxygen atoms in total. The molecule has 1 aromatic carbocycles. The third-order valence-corrected chi connectivity index (χ3v) is 2.31. The van der Waals surface area contributed by atoms with Crippen LogP contribution in [0.4, 0.5) is 0 Å². The van der Waals surface area contributed by atoms with E-state index in [4.69, 9.17) is 10.5 Å². The Labute approximate surface area is 104 Å². The van der Waals surface area contributed by atoms with Crippen molar-refractivity contribution in [2.45, 2.75) is 39.0 Å². The lowest BCUT2D eigenvalue weighted by Crippen LogP contribution is -2.39. The Kier molecular flexibility index (Phi) is 5.62. The maximum Gasteiger partial charge on any atom is 0.0637 e. The lowest BCUT2D eigenvalue weighted by molar-refractivity contribution is -0.00976. The van der Waals surface area contributed by atoms with Gasteiger partial charge in [0.15, 0.2) is 0 Å².